The van der Waals surface area contributed by atoms with Gasteiger partial charge in [-0.3, -0.25) is 0 Å². The fourth-order valence-corrected chi connectivity index (χ4v) is 15.0. The summed E-state index contributed by atoms with van der Waals surface area (Å²) in [6.45, 7) is 9.61. The molecule has 16 aromatic rings. The molecule has 0 saturated heterocycles. The molecule has 1 aliphatic carbocycles. The van der Waals surface area contributed by atoms with Gasteiger partial charge >= 0.3 is 0 Å². The molecular weight excluding hydrogens is 889 g/mol. The van der Waals surface area contributed by atoms with Gasteiger partial charge in [-0.05, 0) is 249 Å². The molecule has 17 rings (SSSR count). The average Bonchev–Trinajstić information content (AvgIpc) is 4.18. The van der Waals surface area contributed by atoms with Crippen LogP contribution >= 0.6 is 0 Å². The molecule has 0 spiro atoms. The van der Waals surface area contributed by atoms with E-state index in [1.807, 2.05) is 0 Å². The Labute approximate surface area is 428 Å². The predicted octanol–water partition coefficient (Wildman–Crippen LogP) is 21.1. The van der Waals surface area contributed by atoms with Crippen molar-refractivity contribution in [2.75, 3.05) is 0 Å². The molecule has 0 aliphatic heterocycles. The molecule has 0 N–H and O–H groups in total. The maximum Gasteiger partial charge on any atom is -0.00137 e. The van der Waals surface area contributed by atoms with Gasteiger partial charge in [0, 0.05) is 0 Å². The third-order valence-electron chi connectivity index (χ3n) is 17.9. The first-order valence-corrected chi connectivity index (χ1v) is 26.3. The molecule has 0 heteroatoms. The van der Waals surface area contributed by atoms with E-state index in [-0.39, 0.29) is 0 Å². The summed E-state index contributed by atoms with van der Waals surface area (Å²) in [4.78, 5) is 0. The second-order valence-corrected chi connectivity index (χ2v) is 21.4. The molecule has 1 aliphatic rings. The van der Waals surface area contributed by atoms with Gasteiger partial charge in [-0.2, -0.15) is 0 Å². The molecule has 342 valence electrons. The summed E-state index contributed by atoms with van der Waals surface area (Å²) >= 11 is 0. The zero-order valence-electron chi connectivity index (χ0n) is 41.6. The van der Waals surface area contributed by atoms with Gasteiger partial charge in [0.2, 0.25) is 0 Å². The highest BCUT2D eigenvalue weighted by Crippen LogP contribution is 2.59. The standard InChI is InChI=1S/C74H46/c1-39-62-50(45-21-13-7-14-22-45)25-26-51(46-23-15-8-16-24-46)63(62)40(2)65-57-32-34-59-69-42(4)67-55-30-28-53-61-38-48(44-19-11-6-12-20-44)36-49-35-47(43-17-9-5-10-18-43)37-60(70(49)61)52-27-29-54(72(55)71(52)53)66(67)41(3)68(69)58-33-31-56(64(39)65)73(57)74(58)59/h5-38H,1-4H3. The van der Waals surface area contributed by atoms with Crippen LogP contribution in [0.2, 0.25) is 0 Å². The SMILES string of the molecule is Cc1c2c(c(C)c3c(-c4ccccc4)ccc(-c4ccccc4)c13)-c1ccc3c4c(C)c5c6ccc7c8cc(-c9ccccc9)cc9cc(-c%10ccccc%10)cc(c%10ccc(c5c(C)c4c4ccc-2c1c43)c6c%107)c98. The van der Waals surface area contributed by atoms with Crippen molar-refractivity contribution in [3.05, 3.63) is 229 Å². The Kier molecular flexibility index (Phi) is 7.83. The normalized spacial score (nSPS) is 12.6. The van der Waals surface area contributed by atoms with Gasteiger partial charge in [-0.1, -0.05) is 182 Å². The molecule has 0 amide bonds. The Bertz CT molecular complexity index is 4790. The number of fused-ring (bicyclic) bond motifs is 12. The molecule has 0 atom stereocenters. The maximum absolute atomic E-state index is 2.48. The summed E-state index contributed by atoms with van der Waals surface area (Å²) in [5.41, 5.74) is 21.1. The second kappa shape index (κ2) is 14.3. The second-order valence-electron chi connectivity index (χ2n) is 21.4. The van der Waals surface area contributed by atoms with E-state index in [0.29, 0.717) is 0 Å². The molecule has 0 bridgehead atoms. The van der Waals surface area contributed by atoms with Crippen LogP contribution in [-0.2, 0) is 0 Å². The summed E-state index contributed by atoms with van der Waals surface area (Å²) in [6.07, 6.45) is 0. The third kappa shape index (κ3) is 4.98. The number of rotatable bonds is 4. The van der Waals surface area contributed by atoms with E-state index in [9.17, 15) is 0 Å². The predicted molar refractivity (Wildman–Crippen MR) is 320 cm³/mol. The van der Waals surface area contributed by atoms with Crippen molar-refractivity contribution in [1.29, 1.82) is 0 Å². The molecule has 0 aromatic heterocycles. The molecule has 0 heterocycles. The first kappa shape index (κ1) is 40.5. The summed E-state index contributed by atoms with van der Waals surface area (Å²) in [6, 6.07) is 78.0. The van der Waals surface area contributed by atoms with Crippen LogP contribution < -0.4 is 0 Å². The fourth-order valence-electron chi connectivity index (χ4n) is 15.0. The molecular formula is C74H46. The third-order valence-corrected chi connectivity index (χ3v) is 17.9. The van der Waals surface area contributed by atoms with Gasteiger partial charge in [0.15, 0.2) is 0 Å². The highest BCUT2D eigenvalue weighted by atomic mass is 14.4. The Balaban J connectivity index is 0.957. The summed E-state index contributed by atoms with van der Waals surface area (Å²) < 4.78 is 0. The number of benzene rings is 14. The molecule has 74 heavy (non-hydrogen) atoms. The minimum atomic E-state index is 1.24. The number of hydrogen-bond acceptors (Lipinski definition) is 0. The van der Waals surface area contributed by atoms with E-state index in [1.54, 1.807) is 0 Å². The highest BCUT2D eigenvalue weighted by molar-refractivity contribution is 6.46. The lowest BCUT2D eigenvalue weighted by Gasteiger charge is -2.21. The van der Waals surface area contributed by atoms with Gasteiger partial charge in [0.1, 0.15) is 0 Å². The minimum Gasteiger partial charge on any atom is -0.0622 e. The maximum atomic E-state index is 2.48. The van der Waals surface area contributed by atoms with Crippen LogP contribution in [0.1, 0.15) is 22.3 Å². The molecule has 0 unspecified atom stereocenters. The lowest BCUT2D eigenvalue weighted by molar-refractivity contribution is 1.46. The Morgan fingerprint density at radius 3 is 0.919 bits per heavy atom. The van der Waals surface area contributed by atoms with Crippen molar-refractivity contribution >= 4 is 108 Å². The Morgan fingerprint density at radius 1 is 0.189 bits per heavy atom. The summed E-state index contributed by atoms with van der Waals surface area (Å²) in [5.74, 6) is 0. The number of aryl methyl sites for hydroxylation is 4. The van der Waals surface area contributed by atoms with Crippen molar-refractivity contribution in [3.8, 4) is 66.8 Å². The van der Waals surface area contributed by atoms with Crippen LogP contribution in [0.4, 0.5) is 0 Å². The van der Waals surface area contributed by atoms with Crippen molar-refractivity contribution in [2.24, 2.45) is 0 Å². The summed E-state index contributed by atoms with van der Waals surface area (Å²) in [5, 5.41) is 27.3. The van der Waals surface area contributed by atoms with Gasteiger partial charge in [-0.15, -0.1) is 0 Å². The van der Waals surface area contributed by atoms with Crippen LogP contribution in [-0.4, -0.2) is 0 Å². The van der Waals surface area contributed by atoms with Gasteiger partial charge in [0.25, 0.3) is 0 Å². The van der Waals surface area contributed by atoms with E-state index < -0.39 is 0 Å². The van der Waals surface area contributed by atoms with E-state index >= 15 is 0 Å². The smallest absolute Gasteiger partial charge is 0.00137 e. The van der Waals surface area contributed by atoms with Crippen LogP contribution in [0, 0.1) is 27.7 Å². The molecule has 0 radical (unpaired) electrons. The zero-order valence-corrected chi connectivity index (χ0v) is 41.6. The largest absolute Gasteiger partial charge is 0.0622 e. The van der Waals surface area contributed by atoms with Crippen molar-refractivity contribution in [3.63, 3.8) is 0 Å². The van der Waals surface area contributed by atoms with Gasteiger partial charge < -0.3 is 0 Å². The van der Waals surface area contributed by atoms with E-state index in [0.717, 1.165) is 0 Å². The molecule has 0 saturated carbocycles. The van der Waals surface area contributed by atoms with Crippen molar-refractivity contribution in [2.45, 2.75) is 27.7 Å². The highest BCUT2D eigenvalue weighted by Gasteiger charge is 2.33. The Hall–Kier alpha value is -9.10. The lowest BCUT2D eigenvalue weighted by Crippen LogP contribution is -1.96. The zero-order chi connectivity index (χ0) is 48.8. The van der Waals surface area contributed by atoms with Crippen molar-refractivity contribution in [1.82, 2.24) is 0 Å². The van der Waals surface area contributed by atoms with E-state index in [4.69, 9.17) is 0 Å². The minimum absolute atomic E-state index is 1.24. The van der Waals surface area contributed by atoms with Crippen LogP contribution in [0.25, 0.3) is 174 Å². The van der Waals surface area contributed by atoms with Crippen LogP contribution in [0.3, 0.4) is 0 Å². The molecule has 0 nitrogen and oxygen atoms in total. The molecule has 0 fully saturated rings. The van der Waals surface area contributed by atoms with Crippen molar-refractivity contribution < 1.29 is 0 Å². The van der Waals surface area contributed by atoms with Crippen LogP contribution in [0.15, 0.2) is 206 Å². The number of hydrogen-bond donors (Lipinski definition) is 0. The first-order valence-electron chi connectivity index (χ1n) is 26.3. The van der Waals surface area contributed by atoms with Gasteiger partial charge in [0.05, 0.1) is 0 Å². The lowest BCUT2D eigenvalue weighted by atomic mass is 9.82. The monoisotopic (exact) mass is 934 g/mol. The van der Waals surface area contributed by atoms with Crippen LogP contribution in [0.5, 0.6) is 0 Å². The van der Waals surface area contributed by atoms with Gasteiger partial charge in [-0.25, -0.2) is 0 Å². The first-order chi connectivity index (χ1) is 36.4. The van der Waals surface area contributed by atoms with E-state index in [1.165, 1.54) is 197 Å². The topological polar surface area (TPSA) is 0 Å². The average molecular weight is 935 g/mol. The Morgan fingerprint density at radius 2 is 0.514 bits per heavy atom. The fraction of sp³-hybridized carbons (Fsp3) is 0.0541. The quantitative estimate of drug-likeness (QED) is 0.122. The van der Waals surface area contributed by atoms with E-state index in [2.05, 4.69) is 234 Å². The molecule has 16 aromatic carbocycles. The summed E-state index contributed by atoms with van der Waals surface area (Å²) in [7, 11) is 0.